The van der Waals surface area contributed by atoms with Crippen LogP contribution in [0.4, 0.5) is 17.6 Å². The van der Waals surface area contributed by atoms with Crippen LogP contribution in [0.25, 0.3) is 22.6 Å². The van der Waals surface area contributed by atoms with Crippen molar-refractivity contribution in [1.82, 2.24) is 20.0 Å². The smallest absolute Gasteiger partial charge is 0.342 e. The second-order valence-corrected chi connectivity index (χ2v) is 5.04. The van der Waals surface area contributed by atoms with E-state index in [1.54, 1.807) is 13.1 Å². The maximum absolute atomic E-state index is 13.6. The summed E-state index contributed by atoms with van der Waals surface area (Å²) in [6, 6.07) is 7.32. The predicted molar refractivity (Wildman–Crippen MR) is 75.9 cm³/mol. The zero-order valence-electron chi connectivity index (χ0n) is 12.2. The van der Waals surface area contributed by atoms with Gasteiger partial charge in [0.15, 0.2) is 5.69 Å². The average molecular weight is 335 g/mol. The van der Waals surface area contributed by atoms with Crippen molar-refractivity contribution in [2.45, 2.75) is 6.18 Å². The topological polar surface area (TPSA) is 70.3 Å². The molecule has 122 valence electrons. The van der Waals surface area contributed by atoms with Crippen LogP contribution >= 0.6 is 0 Å². The third-order valence-corrected chi connectivity index (χ3v) is 3.55. The van der Waals surface area contributed by atoms with E-state index in [9.17, 15) is 17.6 Å². The van der Waals surface area contributed by atoms with Crippen LogP contribution in [0.2, 0.25) is 0 Å². The van der Waals surface area contributed by atoms with Gasteiger partial charge in [0.1, 0.15) is 17.6 Å². The molecule has 0 aliphatic heterocycles. The van der Waals surface area contributed by atoms with E-state index in [-0.39, 0.29) is 17.0 Å². The van der Waals surface area contributed by atoms with Crippen LogP contribution in [0.1, 0.15) is 11.3 Å². The first kappa shape index (κ1) is 15.7. The minimum absolute atomic E-state index is 0.0677. The van der Waals surface area contributed by atoms with E-state index in [1.807, 2.05) is 6.07 Å². The van der Waals surface area contributed by atoms with Crippen LogP contribution in [0.3, 0.4) is 0 Å². The Kier molecular flexibility index (Phi) is 3.60. The summed E-state index contributed by atoms with van der Waals surface area (Å²) in [7, 11) is 1.58. The number of aromatic amines is 1. The van der Waals surface area contributed by atoms with Crippen LogP contribution in [0, 0.1) is 17.1 Å². The highest BCUT2D eigenvalue weighted by atomic mass is 19.4. The molecule has 1 N–H and O–H groups in total. The highest BCUT2D eigenvalue weighted by Gasteiger charge is 2.31. The highest BCUT2D eigenvalue weighted by Crippen LogP contribution is 2.34. The fourth-order valence-electron chi connectivity index (χ4n) is 2.43. The van der Waals surface area contributed by atoms with Crippen molar-refractivity contribution in [3.63, 3.8) is 0 Å². The number of nitrogens with one attached hydrogen (secondary N) is 1. The Hall–Kier alpha value is -3.15. The van der Waals surface area contributed by atoms with Crippen LogP contribution < -0.4 is 0 Å². The molecule has 0 spiro atoms. The van der Waals surface area contributed by atoms with E-state index < -0.39 is 17.6 Å². The van der Waals surface area contributed by atoms with Crippen LogP contribution in [0.5, 0.6) is 0 Å². The third-order valence-electron chi connectivity index (χ3n) is 3.55. The predicted octanol–water partition coefficient (Wildman–Crippen LogP) is 3.51. The van der Waals surface area contributed by atoms with Gasteiger partial charge in [-0.25, -0.2) is 9.49 Å². The Bertz CT molecular complexity index is 946. The summed E-state index contributed by atoms with van der Waals surface area (Å²) in [6.07, 6.45) is -4.65. The molecule has 0 saturated carbocycles. The second kappa shape index (κ2) is 5.49. The molecule has 0 bridgehead atoms. The Morgan fingerprint density at radius 2 is 1.88 bits per heavy atom. The molecule has 0 unspecified atom stereocenters. The summed E-state index contributed by atoms with van der Waals surface area (Å²) in [5, 5.41) is 18.8. The standard InChI is InChI=1S/C15H9F4N5/c1-24-12(2-3-13(24)14-11(7-20)21-23-22-14)8-4-9(15(17,18)19)6-10(16)5-8/h2-6H,1H3,(H,21,22,23). The summed E-state index contributed by atoms with van der Waals surface area (Å²) in [6.45, 7) is 0. The number of H-pyrrole nitrogens is 1. The van der Waals surface area contributed by atoms with E-state index in [2.05, 4.69) is 15.4 Å². The average Bonchev–Trinajstić information content (AvgIpc) is 3.11. The number of aromatic nitrogens is 4. The van der Waals surface area contributed by atoms with Crippen molar-refractivity contribution in [2.24, 2.45) is 7.05 Å². The molecule has 0 fully saturated rings. The molecule has 24 heavy (non-hydrogen) atoms. The van der Waals surface area contributed by atoms with Gasteiger partial charge in [-0.15, -0.1) is 5.10 Å². The minimum Gasteiger partial charge on any atom is -0.342 e. The quantitative estimate of drug-likeness (QED) is 0.729. The molecule has 5 nitrogen and oxygen atoms in total. The number of alkyl halides is 3. The Balaban J connectivity index is 2.13. The van der Waals surface area contributed by atoms with Gasteiger partial charge in [0, 0.05) is 18.3 Å². The fraction of sp³-hybridized carbons (Fsp3) is 0.133. The molecule has 0 saturated heterocycles. The number of hydrogen-bond donors (Lipinski definition) is 1. The largest absolute Gasteiger partial charge is 0.416 e. The zero-order chi connectivity index (χ0) is 17.5. The summed E-state index contributed by atoms with van der Waals surface area (Å²) < 4.78 is 53.7. The van der Waals surface area contributed by atoms with Crippen molar-refractivity contribution in [3.8, 4) is 28.7 Å². The monoisotopic (exact) mass is 335 g/mol. The molecule has 0 aliphatic rings. The lowest BCUT2D eigenvalue weighted by atomic mass is 10.1. The van der Waals surface area contributed by atoms with Crippen LogP contribution in [-0.2, 0) is 13.2 Å². The van der Waals surface area contributed by atoms with Crippen LogP contribution in [-0.4, -0.2) is 20.0 Å². The number of benzene rings is 1. The fourth-order valence-corrected chi connectivity index (χ4v) is 2.43. The number of rotatable bonds is 2. The number of halogens is 4. The molecule has 0 atom stereocenters. The maximum Gasteiger partial charge on any atom is 0.416 e. The van der Waals surface area contributed by atoms with Gasteiger partial charge in [0.25, 0.3) is 0 Å². The molecule has 9 heteroatoms. The van der Waals surface area contributed by atoms with E-state index in [0.29, 0.717) is 17.5 Å². The van der Waals surface area contributed by atoms with Crippen molar-refractivity contribution in [3.05, 3.63) is 47.4 Å². The van der Waals surface area contributed by atoms with E-state index in [0.717, 1.165) is 12.1 Å². The van der Waals surface area contributed by atoms with Gasteiger partial charge in [-0.3, -0.25) is 0 Å². The van der Waals surface area contributed by atoms with Crippen molar-refractivity contribution in [2.75, 3.05) is 0 Å². The van der Waals surface area contributed by atoms with Crippen molar-refractivity contribution >= 4 is 0 Å². The molecular formula is C15H9F4N5. The van der Waals surface area contributed by atoms with E-state index in [1.165, 1.54) is 10.6 Å². The van der Waals surface area contributed by atoms with Gasteiger partial charge < -0.3 is 4.57 Å². The normalized spacial score (nSPS) is 11.5. The van der Waals surface area contributed by atoms with Gasteiger partial charge in [0.05, 0.1) is 11.3 Å². The lowest BCUT2D eigenvalue weighted by Gasteiger charge is -2.11. The Morgan fingerprint density at radius 1 is 1.17 bits per heavy atom. The summed E-state index contributed by atoms with van der Waals surface area (Å²) >= 11 is 0. The highest BCUT2D eigenvalue weighted by molar-refractivity contribution is 5.70. The minimum atomic E-state index is -4.65. The van der Waals surface area contributed by atoms with E-state index >= 15 is 0 Å². The van der Waals surface area contributed by atoms with Gasteiger partial charge in [-0.05, 0) is 30.3 Å². The molecule has 3 rings (SSSR count). The van der Waals surface area contributed by atoms with Crippen molar-refractivity contribution in [1.29, 1.82) is 5.26 Å². The lowest BCUT2D eigenvalue weighted by molar-refractivity contribution is -0.137. The molecule has 1 aromatic carbocycles. The Labute approximate surface area is 133 Å². The molecule has 2 aromatic heterocycles. The molecule has 3 aromatic rings. The maximum atomic E-state index is 13.6. The van der Waals surface area contributed by atoms with Gasteiger partial charge in [0.2, 0.25) is 0 Å². The first-order valence-corrected chi connectivity index (χ1v) is 6.66. The van der Waals surface area contributed by atoms with Gasteiger partial charge >= 0.3 is 6.18 Å². The number of nitrogens with zero attached hydrogens (tertiary/aromatic N) is 4. The Morgan fingerprint density at radius 3 is 2.54 bits per heavy atom. The van der Waals surface area contributed by atoms with Gasteiger partial charge in [-0.1, -0.05) is 5.21 Å². The molecule has 0 radical (unpaired) electrons. The molecular weight excluding hydrogens is 326 g/mol. The summed E-state index contributed by atoms with van der Waals surface area (Å²) in [5.41, 5.74) is 0.198. The first-order valence-electron chi connectivity index (χ1n) is 6.66. The van der Waals surface area contributed by atoms with Crippen molar-refractivity contribution < 1.29 is 17.6 Å². The first-order chi connectivity index (χ1) is 11.3. The molecule has 0 amide bonds. The third kappa shape index (κ3) is 2.62. The van der Waals surface area contributed by atoms with E-state index in [4.69, 9.17) is 5.26 Å². The molecule has 0 aliphatic carbocycles. The number of hydrogen-bond acceptors (Lipinski definition) is 3. The summed E-state index contributed by atoms with van der Waals surface area (Å²) in [4.78, 5) is 0. The molecule has 2 heterocycles. The van der Waals surface area contributed by atoms with Crippen LogP contribution in [0.15, 0.2) is 30.3 Å². The SMILES string of the molecule is Cn1c(-c2cc(F)cc(C(F)(F)F)c2)ccc1-c1nn[nH]c1C#N. The second-order valence-electron chi connectivity index (χ2n) is 5.04. The zero-order valence-corrected chi connectivity index (χ0v) is 12.2. The number of nitriles is 1. The summed E-state index contributed by atoms with van der Waals surface area (Å²) in [5.74, 6) is -0.985. The van der Waals surface area contributed by atoms with Gasteiger partial charge in [-0.2, -0.15) is 18.4 Å². The lowest BCUT2D eigenvalue weighted by Crippen LogP contribution is -2.06.